The van der Waals surface area contributed by atoms with Gasteiger partial charge >= 0.3 is 0 Å². The molecule has 3 aliphatic rings. The van der Waals surface area contributed by atoms with Gasteiger partial charge in [-0.2, -0.15) is 0 Å². The van der Waals surface area contributed by atoms with Crippen LogP contribution in [0, 0.1) is 11.8 Å². The van der Waals surface area contributed by atoms with Crippen molar-refractivity contribution in [2.45, 2.75) is 25.3 Å². The summed E-state index contributed by atoms with van der Waals surface area (Å²) in [5.74, 6) is 0.972. The number of hydrogen-bond acceptors (Lipinski definition) is 3. The predicted octanol–water partition coefficient (Wildman–Crippen LogP) is 3.08. The minimum absolute atomic E-state index is 0.0187. The summed E-state index contributed by atoms with van der Waals surface area (Å²) in [5, 5.41) is 3.25. The number of carbonyl (C=O) groups is 1. The second-order valence-corrected chi connectivity index (χ2v) is 8.17. The summed E-state index contributed by atoms with van der Waals surface area (Å²) in [6.07, 6.45) is 3.38. The van der Waals surface area contributed by atoms with E-state index in [4.69, 9.17) is 0 Å². The lowest BCUT2D eigenvalue weighted by atomic mass is 9.83. The van der Waals surface area contributed by atoms with E-state index in [2.05, 4.69) is 69.7 Å². The second kappa shape index (κ2) is 6.91. The van der Waals surface area contributed by atoms with Crippen LogP contribution in [0.2, 0.25) is 0 Å². The average Bonchev–Trinajstić information content (AvgIpc) is 3.56. The van der Waals surface area contributed by atoms with Crippen molar-refractivity contribution >= 4 is 17.3 Å². The first-order valence-corrected chi connectivity index (χ1v) is 10.2. The molecule has 4 heteroatoms. The third-order valence-electron chi connectivity index (χ3n) is 6.34. The van der Waals surface area contributed by atoms with E-state index in [9.17, 15) is 4.79 Å². The van der Waals surface area contributed by atoms with Gasteiger partial charge in [-0.3, -0.25) is 4.79 Å². The zero-order valence-corrected chi connectivity index (χ0v) is 15.7. The summed E-state index contributed by atoms with van der Waals surface area (Å²) in [5.41, 5.74) is 3.89. The Balaban J connectivity index is 1.42. The molecule has 1 amide bonds. The summed E-state index contributed by atoms with van der Waals surface area (Å²) in [4.78, 5) is 18.0. The number of hydrogen-bond donors (Lipinski definition) is 1. The van der Waals surface area contributed by atoms with Gasteiger partial charge in [0, 0.05) is 37.6 Å². The van der Waals surface area contributed by atoms with Crippen molar-refractivity contribution in [1.82, 2.24) is 5.32 Å². The molecule has 2 heterocycles. The van der Waals surface area contributed by atoms with Gasteiger partial charge in [0.05, 0.1) is 12.0 Å². The highest BCUT2D eigenvalue weighted by Crippen LogP contribution is 2.37. The van der Waals surface area contributed by atoms with Crippen molar-refractivity contribution in [2.75, 3.05) is 36.0 Å². The summed E-state index contributed by atoms with van der Waals surface area (Å²) >= 11 is 0. The molecule has 1 N–H and O–H groups in total. The number of fused-ring (bicyclic) bond motifs is 3. The zero-order valence-electron chi connectivity index (χ0n) is 15.7. The minimum Gasteiger partial charge on any atom is -0.368 e. The van der Waals surface area contributed by atoms with Crippen molar-refractivity contribution in [3.05, 3.63) is 60.2 Å². The van der Waals surface area contributed by atoms with Crippen molar-refractivity contribution in [3.8, 4) is 0 Å². The van der Waals surface area contributed by atoms with Crippen LogP contribution in [0.25, 0.3) is 0 Å². The number of amides is 1. The van der Waals surface area contributed by atoms with Crippen molar-refractivity contribution in [3.63, 3.8) is 0 Å². The van der Waals surface area contributed by atoms with E-state index < -0.39 is 0 Å². The molecule has 2 aromatic rings. The highest BCUT2D eigenvalue weighted by molar-refractivity contribution is 5.82. The quantitative estimate of drug-likeness (QED) is 0.909. The SMILES string of the molecule is O=C(NCC1CC1)[C@@H]1Cc2ccccc2N2CCN(c3ccccc3)C[C@H]12. The van der Waals surface area contributed by atoms with Gasteiger partial charge in [0.1, 0.15) is 0 Å². The summed E-state index contributed by atoms with van der Waals surface area (Å²) < 4.78 is 0. The number of piperazine rings is 1. The lowest BCUT2D eigenvalue weighted by Gasteiger charge is -2.49. The van der Waals surface area contributed by atoms with Gasteiger partial charge < -0.3 is 15.1 Å². The molecule has 1 saturated carbocycles. The summed E-state index contributed by atoms with van der Waals surface area (Å²) in [7, 11) is 0. The topological polar surface area (TPSA) is 35.6 Å². The Morgan fingerprint density at radius 2 is 1.78 bits per heavy atom. The molecule has 0 bridgehead atoms. The fraction of sp³-hybridized carbons (Fsp3) is 0.435. The number of para-hydroxylation sites is 2. The molecule has 0 spiro atoms. The normalized spacial score (nSPS) is 24.1. The molecule has 140 valence electrons. The lowest BCUT2D eigenvalue weighted by Crippen LogP contribution is -2.61. The predicted molar refractivity (Wildman–Crippen MR) is 109 cm³/mol. The van der Waals surface area contributed by atoms with E-state index >= 15 is 0 Å². The average molecular weight is 361 g/mol. The van der Waals surface area contributed by atoms with E-state index in [1.807, 2.05) is 0 Å². The van der Waals surface area contributed by atoms with E-state index in [1.54, 1.807) is 0 Å². The zero-order chi connectivity index (χ0) is 18.2. The van der Waals surface area contributed by atoms with Crippen LogP contribution in [0.15, 0.2) is 54.6 Å². The van der Waals surface area contributed by atoms with Crippen molar-refractivity contribution in [2.24, 2.45) is 11.8 Å². The first-order valence-electron chi connectivity index (χ1n) is 10.2. The standard InChI is InChI=1S/C23H27N3O/c27-23(24-15-17-10-11-17)20-14-18-6-4-5-9-21(18)26-13-12-25(16-22(20)26)19-7-2-1-3-8-19/h1-9,17,20,22H,10-16H2,(H,24,27)/t20-,22-/m1/s1. The molecule has 0 unspecified atom stereocenters. The van der Waals surface area contributed by atoms with E-state index in [1.165, 1.54) is 29.8 Å². The summed E-state index contributed by atoms with van der Waals surface area (Å²) in [6.45, 7) is 3.71. The third kappa shape index (κ3) is 3.29. The van der Waals surface area contributed by atoms with Crippen LogP contribution in [-0.2, 0) is 11.2 Å². The minimum atomic E-state index is 0.0187. The van der Waals surface area contributed by atoms with Gasteiger partial charge in [-0.1, -0.05) is 36.4 Å². The van der Waals surface area contributed by atoms with Crippen LogP contribution in [0.4, 0.5) is 11.4 Å². The molecular weight excluding hydrogens is 334 g/mol. The monoisotopic (exact) mass is 361 g/mol. The lowest BCUT2D eigenvalue weighted by molar-refractivity contribution is -0.125. The smallest absolute Gasteiger partial charge is 0.225 e. The first-order chi connectivity index (χ1) is 13.3. The van der Waals surface area contributed by atoms with Gasteiger partial charge in [-0.15, -0.1) is 0 Å². The van der Waals surface area contributed by atoms with E-state index in [0.717, 1.165) is 32.6 Å². The Morgan fingerprint density at radius 1 is 1.00 bits per heavy atom. The van der Waals surface area contributed by atoms with Crippen LogP contribution in [-0.4, -0.2) is 38.1 Å². The third-order valence-corrected chi connectivity index (χ3v) is 6.34. The molecule has 1 saturated heterocycles. The van der Waals surface area contributed by atoms with Gasteiger partial charge in [0.2, 0.25) is 5.91 Å². The van der Waals surface area contributed by atoms with Crippen molar-refractivity contribution < 1.29 is 4.79 Å². The second-order valence-electron chi connectivity index (χ2n) is 8.17. The molecule has 0 radical (unpaired) electrons. The van der Waals surface area contributed by atoms with Crippen LogP contribution < -0.4 is 15.1 Å². The van der Waals surface area contributed by atoms with Crippen LogP contribution in [0.5, 0.6) is 0 Å². The molecule has 2 aromatic carbocycles. The fourth-order valence-electron chi connectivity index (χ4n) is 4.63. The Hall–Kier alpha value is -2.49. The Bertz CT molecular complexity index is 817. The maximum absolute atomic E-state index is 13.1. The van der Waals surface area contributed by atoms with Crippen molar-refractivity contribution in [1.29, 1.82) is 0 Å². The largest absolute Gasteiger partial charge is 0.368 e. The van der Waals surface area contributed by atoms with Gasteiger partial charge in [-0.25, -0.2) is 0 Å². The van der Waals surface area contributed by atoms with Gasteiger partial charge in [-0.05, 0) is 48.9 Å². The number of anilines is 2. The van der Waals surface area contributed by atoms with E-state index in [0.29, 0.717) is 5.92 Å². The maximum Gasteiger partial charge on any atom is 0.225 e. The Morgan fingerprint density at radius 3 is 2.59 bits per heavy atom. The number of rotatable bonds is 4. The van der Waals surface area contributed by atoms with Gasteiger partial charge in [0.25, 0.3) is 0 Å². The highest BCUT2D eigenvalue weighted by Gasteiger charge is 2.41. The van der Waals surface area contributed by atoms with Crippen LogP contribution >= 0.6 is 0 Å². The molecule has 2 fully saturated rings. The highest BCUT2D eigenvalue weighted by atomic mass is 16.1. The Kier molecular flexibility index (Phi) is 4.27. The molecule has 5 rings (SSSR count). The maximum atomic E-state index is 13.1. The molecule has 27 heavy (non-hydrogen) atoms. The number of benzene rings is 2. The van der Waals surface area contributed by atoms with E-state index in [-0.39, 0.29) is 17.9 Å². The molecule has 2 atom stereocenters. The molecule has 2 aliphatic heterocycles. The molecule has 0 aromatic heterocycles. The number of nitrogens with zero attached hydrogens (tertiary/aromatic N) is 2. The molecule has 1 aliphatic carbocycles. The van der Waals surface area contributed by atoms with Crippen LogP contribution in [0.1, 0.15) is 18.4 Å². The Labute approximate surface area is 161 Å². The summed E-state index contributed by atoms with van der Waals surface area (Å²) in [6, 6.07) is 19.5. The molecular formula is C23H27N3O. The van der Waals surface area contributed by atoms with Gasteiger partial charge in [0.15, 0.2) is 0 Å². The molecule has 4 nitrogen and oxygen atoms in total. The first kappa shape index (κ1) is 16.7. The number of nitrogens with one attached hydrogen (secondary N) is 1. The fourth-order valence-corrected chi connectivity index (χ4v) is 4.63. The number of carbonyl (C=O) groups excluding carboxylic acids is 1. The van der Waals surface area contributed by atoms with Crippen LogP contribution in [0.3, 0.4) is 0 Å².